The van der Waals surface area contributed by atoms with Crippen molar-refractivity contribution in [3.05, 3.63) is 83.9 Å². The van der Waals surface area contributed by atoms with Crippen LogP contribution in [-0.2, 0) is 17.8 Å². The fraction of sp³-hybridized carbons (Fsp3) is 0.222. The summed E-state index contributed by atoms with van der Waals surface area (Å²) < 4.78 is 5.48. The van der Waals surface area contributed by atoms with E-state index in [1.807, 2.05) is 54.6 Å². The fourth-order valence-corrected chi connectivity index (χ4v) is 1.90. The second kappa shape index (κ2) is 8.31. The molecule has 104 valence electrons. The molecule has 0 unspecified atom stereocenters. The van der Waals surface area contributed by atoms with Gasteiger partial charge >= 0.3 is 0 Å². The van der Waals surface area contributed by atoms with Crippen LogP contribution in [0, 0.1) is 0 Å². The van der Waals surface area contributed by atoms with Crippen molar-refractivity contribution in [2.24, 2.45) is 0 Å². The molecule has 20 heavy (non-hydrogen) atoms. The second-order valence-electron chi connectivity index (χ2n) is 4.69. The minimum Gasteiger partial charge on any atom is -0.387 e. The summed E-state index contributed by atoms with van der Waals surface area (Å²) in [4.78, 5) is 0. The zero-order valence-corrected chi connectivity index (χ0v) is 11.5. The molecule has 0 amide bonds. The predicted octanol–water partition coefficient (Wildman–Crippen LogP) is 3.36. The van der Waals surface area contributed by atoms with E-state index in [9.17, 15) is 5.11 Å². The van der Waals surface area contributed by atoms with Gasteiger partial charge in [0.1, 0.15) is 0 Å². The molecule has 0 aliphatic heterocycles. The highest BCUT2D eigenvalue weighted by molar-refractivity contribution is 5.17. The van der Waals surface area contributed by atoms with Gasteiger partial charge < -0.3 is 9.84 Å². The van der Waals surface area contributed by atoms with Crippen LogP contribution >= 0.6 is 0 Å². The molecular formula is C18H20O2. The lowest BCUT2D eigenvalue weighted by atomic mass is 10.1. The Balaban J connectivity index is 1.66. The van der Waals surface area contributed by atoms with Gasteiger partial charge in [0.25, 0.3) is 0 Å². The SMILES string of the molecule is O[C@H](/C=C/Cc1ccccc1)COCc1ccccc1. The summed E-state index contributed by atoms with van der Waals surface area (Å²) in [6.07, 6.45) is 4.04. The number of aliphatic hydroxyl groups is 1. The lowest BCUT2D eigenvalue weighted by molar-refractivity contribution is 0.0503. The molecular weight excluding hydrogens is 248 g/mol. The molecule has 1 N–H and O–H groups in total. The monoisotopic (exact) mass is 268 g/mol. The number of benzene rings is 2. The third kappa shape index (κ3) is 5.39. The van der Waals surface area contributed by atoms with Crippen molar-refractivity contribution < 1.29 is 9.84 Å². The first-order chi connectivity index (χ1) is 9.84. The zero-order valence-electron chi connectivity index (χ0n) is 11.5. The smallest absolute Gasteiger partial charge is 0.0954 e. The Morgan fingerprint density at radius 3 is 2.15 bits per heavy atom. The Kier molecular flexibility index (Phi) is 6.03. The Morgan fingerprint density at radius 2 is 1.50 bits per heavy atom. The summed E-state index contributed by atoms with van der Waals surface area (Å²) in [7, 11) is 0. The van der Waals surface area contributed by atoms with Crippen molar-refractivity contribution in [3.63, 3.8) is 0 Å². The van der Waals surface area contributed by atoms with Crippen LogP contribution in [0.3, 0.4) is 0 Å². The first-order valence-corrected chi connectivity index (χ1v) is 6.85. The topological polar surface area (TPSA) is 29.5 Å². The third-order valence-corrected chi connectivity index (χ3v) is 2.95. The second-order valence-corrected chi connectivity index (χ2v) is 4.69. The molecule has 0 radical (unpaired) electrons. The van der Waals surface area contributed by atoms with Crippen LogP contribution < -0.4 is 0 Å². The molecule has 0 spiro atoms. The molecule has 1 atom stereocenters. The van der Waals surface area contributed by atoms with Crippen molar-refractivity contribution >= 4 is 0 Å². The maximum atomic E-state index is 9.79. The quantitative estimate of drug-likeness (QED) is 0.780. The summed E-state index contributed by atoms with van der Waals surface area (Å²) in [5.74, 6) is 0. The average Bonchev–Trinajstić information content (AvgIpc) is 2.49. The van der Waals surface area contributed by atoms with Crippen LogP contribution in [0.1, 0.15) is 11.1 Å². The van der Waals surface area contributed by atoms with Crippen molar-refractivity contribution in [3.8, 4) is 0 Å². The van der Waals surface area contributed by atoms with Gasteiger partial charge in [-0.15, -0.1) is 0 Å². The van der Waals surface area contributed by atoms with E-state index in [-0.39, 0.29) is 0 Å². The number of ether oxygens (including phenoxy) is 1. The van der Waals surface area contributed by atoms with Gasteiger partial charge in [-0.25, -0.2) is 0 Å². The van der Waals surface area contributed by atoms with E-state index in [1.165, 1.54) is 5.56 Å². The van der Waals surface area contributed by atoms with Crippen LogP contribution in [0.5, 0.6) is 0 Å². The maximum absolute atomic E-state index is 9.79. The largest absolute Gasteiger partial charge is 0.387 e. The van der Waals surface area contributed by atoms with Crippen molar-refractivity contribution in [2.75, 3.05) is 6.61 Å². The molecule has 2 aromatic carbocycles. The highest BCUT2D eigenvalue weighted by Crippen LogP contribution is 2.03. The van der Waals surface area contributed by atoms with Gasteiger partial charge in [-0.1, -0.05) is 72.8 Å². The minimum absolute atomic E-state index is 0.320. The molecule has 0 heterocycles. The molecule has 0 saturated heterocycles. The lowest BCUT2D eigenvalue weighted by Gasteiger charge is -2.07. The van der Waals surface area contributed by atoms with Crippen LogP contribution in [0.15, 0.2) is 72.8 Å². The minimum atomic E-state index is -0.553. The van der Waals surface area contributed by atoms with E-state index < -0.39 is 6.10 Å². The summed E-state index contributed by atoms with van der Waals surface area (Å²) in [6, 6.07) is 20.1. The number of hydrogen-bond donors (Lipinski definition) is 1. The van der Waals surface area contributed by atoms with Crippen molar-refractivity contribution in [1.82, 2.24) is 0 Å². The Bertz CT molecular complexity index is 505. The number of rotatable bonds is 7. The first-order valence-electron chi connectivity index (χ1n) is 6.85. The maximum Gasteiger partial charge on any atom is 0.0954 e. The lowest BCUT2D eigenvalue weighted by Crippen LogP contribution is -2.12. The first kappa shape index (κ1) is 14.5. The summed E-state index contributed by atoms with van der Waals surface area (Å²) in [5.41, 5.74) is 2.36. The van der Waals surface area contributed by atoms with Gasteiger partial charge in [0.15, 0.2) is 0 Å². The predicted molar refractivity (Wildman–Crippen MR) is 81.4 cm³/mol. The van der Waals surface area contributed by atoms with Gasteiger partial charge in [-0.05, 0) is 17.5 Å². The third-order valence-electron chi connectivity index (χ3n) is 2.95. The molecule has 2 rings (SSSR count). The Morgan fingerprint density at radius 1 is 0.900 bits per heavy atom. The van der Waals surface area contributed by atoms with Crippen LogP contribution in [-0.4, -0.2) is 17.8 Å². The van der Waals surface area contributed by atoms with Gasteiger partial charge in [-0.3, -0.25) is 0 Å². The highest BCUT2D eigenvalue weighted by Gasteiger charge is 1.99. The normalized spacial score (nSPS) is 12.7. The van der Waals surface area contributed by atoms with Crippen LogP contribution in [0.2, 0.25) is 0 Å². The molecule has 0 aliphatic carbocycles. The molecule has 0 aromatic heterocycles. The Hall–Kier alpha value is -1.90. The molecule has 0 aliphatic rings. The van der Waals surface area contributed by atoms with Gasteiger partial charge in [0.05, 0.1) is 19.3 Å². The standard InChI is InChI=1S/C18H20O2/c19-18(13-7-12-16-8-3-1-4-9-16)15-20-14-17-10-5-2-6-11-17/h1-11,13,18-19H,12,14-15H2/b13-7+/t18-/m1/s1. The number of aliphatic hydroxyl groups excluding tert-OH is 1. The zero-order chi connectivity index (χ0) is 14.0. The Labute approximate surface area is 120 Å². The van der Waals surface area contributed by atoms with E-state index in [4.69, 9.17) is 4.74 Å². The van der Waals surface area contributed by atoms with E-state index in [0.29, 0.717) is 13.2 Å². The molecule has 2 nitrogen and oxygen atoms in total. The van der Waals surface area contributed by atoms with E-state index in [0.717, 1.165) is 12.0 Å². The molecule has 0 saturated carbocycles. The average molecular weight is 268 g/mol. The summed E-state index contributed by atoms with van der Waals surface area (Å²) >= 11 is 0. The number of allylic oxidation sites excluding steroid dienone is 1. The molecule has 0 fully saturated rings. The van der Waals surface area contributed by atoms with E-state index in [2.05, 4.69) is 12.1 Å². The van der Waals surface area contributed by atoms with Gasteiger partial charge in [0.2, 0.25) is 0 Å². The van der Waals surface area contributed by atoms with Crippen molar-refractivity contribution in [2.45, 2.75) is 19.1 Å². The highest BCUT2D eigenvalue weighted by atomic mass is 16.5. The van der Waals surface area contributed by atoms with E-state index >= 15 is 0 Å². The summed E-state index contributed by atoms with van der Waals surface area (Å²) in [6.45, 7) is 0.852. The molecule has 2 heteroatoms. The van der Waals surface area contributed by atoms with Gasteiger partial charge in [-0.2, -0.15) is 0 Å². The number of hydrogen-bond acceptors (Lipinski definition) is 2. The van der Waals surface area contributed by atoms with E-state index in [1.54, 1.807) is 6.08 Å². The van der Waals surface area contributed by atoms with Crippen molar-refractivity contribution in [1.29, 1.82) is 0 Å². The molecule has 2 aromatic rings. The molecule has 0 bridgehead atoms. The van der Waals surface area contributed by atoms with Crippen LogP contribution in [0.25, 0.3) is 0 Å². The van der Waals surface area contributed by atoms with Crippen LogP contribution in [0.4, 0.5) is 0 Å². The fourth-order valence-electron chi connectivity index (χ4n) is 1.90. The van der Waals surface area contributed by atoms with Gasteiger partial charge in [0, 0.05) is 0 Å². The summed E-state index contributed by atoms with van der Waals surface area (Å²) in [5, 5.41) is 9.79.